The van der Waals surface area contributed by atoms with Crippen molar-refractivity contribution in [3.8, 4) is 0 Å². The minimum atomic E-state index is -0.428. The maximum atomic E-state index is 10.5. The van der Waals surface area contributed by atoms with Crippen LogP contribution in [0.15, 0.2) is 16.6 Å². The first-order valence-corrected chi connectivity index (χ1v) is 2.51. The van der Waals surface area contributed by atoms with Crippen molar-refractivity contribution in [2.75, 3.05) is 0 Å². The Bertz CT molecular complexity index is 225. The van der Waals surface area contributed by atoms with Crippen molar-refractivity contribution in [1.29, 1.82) is 0 Å². The summed E-state index contributed by atoms with van der Waals surface area (Å²) >= 11 is 0. The van der Waals surface area contributed by atoms with Gasteiger partial charge in [-0.1, -0.05) is 0 Å². The molecule has 46 valence electrons. The fourth-order valence-electron chi connectivity index (χ4n) is 0.588. The zero-order chi connectivity index (χ0) is 6.85. The third-order valence-corrected chi connectivity index (χ3v) is 1.04. The molecule has 1 heterocycles. The van der Waals surface area contributed by atoms with E-state index in [0.29, 0.717) is 0 Å². The molecule has 3 nitrogen and oxygen atoms in total. The van der Waals surface area contributed by atoms with Crippen LogP contribution in [0.3, 0.4) is 0 Å². The molecule has 1 rings (SSSR count). The lowest BCUT2D eigenvalue weighted by Gasteiger charge is -1.86. The Morgan fingerprint density at radius 3 is 2.56 bits per heavy atom. The summed E-state index contributed by atoms with van der Waals surface area (Å²) < 4.78 is 0. The summed E-state index contributed by atoms with van der Waals surface area (Å²) in [5.74, 6) is -0.653. The monoisotopic (exact) mass is 123 g/mol. The number of amides is 1. The average molecular weight is 123 g/mol. The maximum absolute atomic E-state index is 10.5. The van der Waals surface area contributed by atoms with Crippen molar-refractivity contribution >= 4 is 17.9 Å². The van der Waals surface area contributed by atoms with Gasteiger partial charge in [0.2, 0.25) is 0 Å². The van der Waals surface area contributed by atoms with Crippen molar-refractivity contribution in [2.24, 2.45) is 4.99 Å². The molecule has 1 amide bonds. The summed E-state index contributed by atoms with van der Waals surface area (Å²) in [7, 11) is 0. The number of allylic oxidation sites excluding steroid dienone is 1. The molecule has 0 aromatic heterocycles. The molecule has 0 radical (unpaired) electrons. The van der Waals surface area contributed by atoms with Crippen LogP contribution in [0.4, 0.5) is 0 Å². The van der Waals surface area contributed by atoms with Gasteiger partial charge in [-0.15, -0.1) is 0 Å². The van der Waals surface area contributed by atoms with Gasteiger partial charge in [-0.2, -0.15) is 0 Å². The van der Waals surface area contributed by atoms with Crippen LogP contribution in [0.1, 0.15) is 6.92 Å². The van der Waals surface area contributed by atoms with Crippen LogP contribution in [0.2, 0.25) is 0 Å². The number of aliphatic imine (C=N–C) groups is 1. The number of Topliss-reactive ketones (excluding diaryl/α,β-unsaturated/α-hetero) is 1. The van der Waals surface area contributed by atoms with Gasteiger partial charge < -0.3 is 0 Å². The molecule has 3 heteroatoms. The molecule has 0 aromatic rings. The van der Waals surface area contributed by atoms with Crippen molar-refractivity contribution in [1.82, 2.24) is 0 Å². The Balaban J connectivity index is 2.88. The average Bonchev–Trinajstić information content (AvgIpc) is 2.13. The van der Waals surface area contributed by atoms with Crippen molar-refractivity contribution in [2.45, 2.75) is 6.92 Å². The summed E-state index contributed by atoms with van der Waals surface area (Å²) in [6.45, 7) is 1.35. The molecule has 1 aliphatic rings. The number of hydrogen-bond acceptors (Lipinski definition) is 2. The second kappa shape index (κ2) is 1.93. The Labute approximate surface area is 52.1 Å². The molecular weight excluding hydrogens is 118 g/mol. The van der Waals surface area contributed by atoms with Gasteiger partial charge in [0.25, 0.3) is 5.91 Å². The smallest absolute Gasteiger partial charge is 0.280 e. The van der Waals surface area contributed by atoms with Gasteiger partial charge in [0.15, 0.2) is 5.78 Å². The number of nitrogens with zero attached hydrogens (tertiary/aromatic N) is 1. The highest BCUT2D eigenvalue weighted by atomic mass is 16.2. The SMILES string of the molecule is CC(=O)C1=CC=NC1=O. The lowest BCUT2D eigenvalue weighted by atomic mass is 10.2. The van der Waals surface area contributed by atoms with Crippen LogP contribution in [0, 0.1) is 0 Å². The summed E-state index contributed by atoms with van der Waals surface area (Å²) in [5.41, 5.74) is 0.176. The zero-order valence-corrected chi connectivity index (χ0v) is 4.92. The van der Waals surface area contributed by atoms with Gasteiger partial charge in [-0.05, 0) is 13.0 Å². The maximum Gasteiger partial charge on any atom is 0.280 e. The van der Waals surface area contributed by atoms with Crippen molar-refractivity contribution < 1.29 is 9.59 Å². The van der Waals surface area contributed by atoms with Gasteiger partial charge in [0, 0.05) is 6.21 Å². The van der Waals surface area contributed by atoms with Crippen LogP contribution in [0.25, 0.3) is 0 Å². The van der Waals surface area contributed by atoms with Gasteiger partial charge in [-0.3, -0.25) is 9.59 Å². The highest BCUT2D eigenvalue weighted by Gasteiger charge is 2.14. The highest BCUT2D eigenvalue weighted by Crippen LogP contribution is 2.02. The van der Waals surface area contributed by atoms with E-state index in [-0.39, 0.29) is 11.4 Å². The van der Waals surface area contributed by atoms with Crippen molar-refractivity contribution in [3.05, 3.63) is 11.6 Å². The van der Waals surface area contributed by atoms with E-state index in [1.54, 1.807) is 0 Å². The van der Waals surface area contributed by atoms with E-state index in [4.69, 9.17) is 0 Å². The summed E-state index contributed by atoms with van der Waals surface area (Å²) in [5, 5.41) is 0. The summed E-state index contributed by atoms with van der Waals surface area (Å²) in [6, 6.07) is 0. The second-order valence-electron chi connectivity index (χ2n) is 1.72. The molecule has 9 heavy (non-hydrogen) atoms. The van der Waals surface area contributed by atoms with Gasteiger partial charge >= 0.3 is 0 Å². The molecule has 0 atom stereocenters. The molecule has 0 spiro atoms. The zero-order valence-electron chi connectivity index (χ0n) is 4.92. The van der Waals surface area contributed by atoms with Crippen LogP contribution in [-0.4, -0.2) is 17.9 Å². The number of rotatable bonds is 1. The number of carbonyl (C=O) groups excluding carboxylic acids is 2. The molecule has 0 N–H and O–H groups in total. The standard InChI is InChI=1S/C6H5NO2/c1-4(8)5-2-3-7-6(5)9/h2-3H,1H3. The Morgan fingerprint density at radius 2 is 2.33 bits per heavy atom. The molecule has 0 unspecified atom stereocenters. The first-order valence-electron chi connectivity index (χ1n) is 2.51. The first kappa shape index (κ1) is 5.88. The predicted molar refractivity (Wildman–Crippen MR) is 32.3 cm³/mol. The fraction of sp³-hybridized carbons (Fsp3) is 0.167. The van der Waals surface area contributed by atoms with E-state index in [9.17, 15) is 9.59 Å². The highest BCUT2D eigenvalue weighted by molar-refractivity contribution is 6.25. The second-order valence-corrected chi connectivity index (χ2v) is 1.72. The summed E-state index contributed by atoms with van der Waals surface area (Å²) in [6.07, 6.45) is 2.75. The van der Waals surface area contributed by atoms with E-state index in [1.165, 1.54) is 19.2 Å². The molecule has 0 fully saturated rings. The lowest BCUT2D eigenvalue weighted by Crippen LogP contribution is -2.03. The van der Waals surface area contributed by atoms with Crippen LogP contribution >= 0.6 is 0 Å². The molecule has 0 aliphatic carbocycles. The normalized spacial score (nSPS) is 16.1. The Kier molecular flexibility index (Phi) is 1.26. The topological polar surface area (TPSA) is 46.5 Å². The Morgan fingerprint density at radius 1 is 1.67 bits per heavy atom. The van der Waals surface area contributed by atoms with E-state index in [1.807, 2.05) is 0 Å². The summed E-state index contributed by atoms with van der Waals surface area (Å²) in [4.78, 5) is 24.4. The lowest BCUT2D eigenvalue weighted by molar-refractivity contribution is -0.119. The van der Waals surface area contributed by atoms with E-state index in [0.717, 1.165) is 0 Å². The Hall–Kier alpha value is -1.25. The molecular formula is C6H5NO2. The first-order chi connectivity index (χ1) is 4.22. The van der Waals surface area contributed by atoms with Crippen LogP contribution in [-0.2, 0) is 9.59 Å². The van der Waals surface area contributed by atoms with E-state index in [2.05, 4.69) is 4.99 Å². The van der Waals surface area contributed by atoms with Crippen LogP contribution < -0.4 is 0 Å². The fourth-order valence-corrected chi connectivity index (χ4v) is 0.588. The largest absolute Gasteiger partial charge is 0.294 e. The molecule has 0 saturated carbocycles. The van der Waals surface area contributed by atoms with Gasteiger partial charge in [0.1, 0.15) is 0 Å². The van der Waals surface area contributed by atoms with Crippen molar-refractivity contribution in [3.63, 3.8) is 0 Å². The third-order valence-electron chi connectivity index (χ3n) is 1.04. The number of carbonyl (C=O) groups is 2. The quantitative estimate of drug-likeness (QED) is 0.464. The van der Waals surface area contributed by atoms with Crippen LogP contribution in [0.5, 0.6) is 0 Å². The molecule has 0 bridgehead atoms. The molecule has 1 aliphatic heterocycles. The minimum absolute atomic E-state index is 0.176. The van der Waals surface area contributed by atoms with Gasteiger partial charge in [-0.25, -0.2) is 4.99 Å². The van der Waals surface area contributed by atoms with Gasteiger partial charge in [0.05, 0.1) is 5.57 Å². The number of hydrogen-bond donors (Lipinski definition) is 0. The molecule has 0 saturated heterocycles. The minimum Gasteiger partial charge on any atom is -0.294 e. The molecule has 0 aromatic carbocycles. The van der Waals surface area contributed by atoms with E-state index < -0.39 is 5.91 Å². The predicted octanol–water partition coefficient (Wildman–Crippen LogP) is 0.113. The third kappa shape index (κ3) is 0.937. The number of ketones is 1. The van der Waals surface area contributed by atoms with E-state index >= 15 is 0 Å².